The fourth-order valence-electron chi connectivity index (χ4n) is 1.14. The number of nitrogens with zero attached hydrogens (tertiary/aromatic N) is 1. The molecule has 1 aromatic heterocycles. The average Bonchev–Trinajstić information content (AvgIpc) is 2.09. The third-order valence-corrected chi connectivity index (χ3v) is 2.91. The van der Waals surface area contributed by atoms with E-state index in [9.17, 15) is 0 Å². The summed E-state index contributed by atoms with van der Waals surface area (Å²) >= 11 is 9.44. The second kappa shape index (κ2) is 4.97. The molecule has 1 nitrogen and oxygen atoms in total. The molecule has 1 unspecified atom stereocenters. The van der Waals surface area contributed by atoms with Gasteiger partial charge >= 0.3 is 0 Å². The van der Waals surface area contributed by atoms with Crippen LogP contribution in [0, 0.1) is 6.92 Å². The standard InChI is InChI=1S/C10H13BrClN/c1-3-9(12)5-10-7(2)4-8(11)6-13-10/h4,6,9H,3,5H2,1-2H3. The van der Waals surface area contributed by atoms with Crippen LogP contribution in [0.5, 0.6) is 0 Å². The van der Waals surface area contributed by atoms with Crippen molar-refractivity contribution in [3.05, 3.63) is 28.0 Å². The Morgan fingerprint density at radius 3 is 2.85 bits per heavy atom. The molecule has 72 valence electrons. The van der Waals surface area contributed by atoms with Crippen molar-refractivity contribution in [2.45, 2.75) is 32.1 Å². The molecule has 0 amide bonds. The van der Waals surface area contributed by atoms with Crippen LogP contribution in [-0.2, 0) is 6.42 Å². The first-order chi connectivity index (χ1) is 6.13. The second-order valence-corrected chi connectivity index (χ2v) is 4.66. The smallest absolute Gasteiger partial charge is 0.0448 e. The van der Waals surface area contributed by atoms with E-state index in [0.717, 1.165) is 23.0 Å². The fourth-order valence-corrected chi connectivity index (χ4v) is 1.73. The first kappa shape index (κ1) is 11.0. The fraction of sp³-hybridized carbons (Fsp3) is 0.500. The van der Waals surface area contributed by atoms with Gasteiger partial charge in [-0.3, -0.25) is 4.98 Å². The molecule has 3 heteroatoms. The van der Waals surface area contributed by atoms with Crippen LogP contribution < -0.4 is 0 Å². The summed E-state index contributed by atoms with van der Waals surface area (Å²) in [6.45, 7) is 4.15. The van der Waals surface area contributed by atoms with Crippen LogP contribution in [-0.4, -0.2) is 10.4 Å². The van der Waals surface area contributed by atoms with Gasteiger partial charge in [0.15, 0.2) is 0 Å². The Hall–Kier alpha value is -0.0800. The molecular weight excluding hydrogens is 249 g/mol. The van der Waals surface area contributed by atoms with Crippen molar-refractivity contribution in [2.24, 2.45) is 0 Å². The maximum atomic E-state index is 6.06. The van der Waals surface area contributed by atoms with Gasteiger partial charge in [0.05, 0.1) is 0 Å². The molecule has 0 N–H and O–H groups in total. The zero-order chi connectivity index (χ0) is 9.84. The van der Waals surface area contributed by atoms with Crippen LogP contribution in [0.3, 0.4) is 0 Å². The van der Waals surface area contributed by atoms with Gasteiger partial charge in [-0.05, 0) is 40.9 Å². The van der Waals surface area contributed by atoms with E-state index in [2.05, 4.69) is 40.8 Å². The second-order valence-electron chi connectivity index (χ2n) is 3.13. The summed E-state index contributed by atoms with van der Waals surface area (Å²) in [4.78, 5) is 4.33. The minimum absolute atomic E-state index is 0.201. The lowest BCUT2D eigenvalue weighted by Crippen LogP contribution is -2.04. The highest BCUT2D eigenvalue weighted by molar-refractivity contribution is 9.10. The van der Waals surface area contributed by atoms with E-state index in [1.165, 1.54) is 5.56 Å². The van der Waals surface area contributed by atoms with Gasteiger partial charge in [-0.15, -0.1) is 11.6 Å². The minimum atomic E-state index is 0.201. The number of hydrogen-bond acceptors (Lipinski definition) is 1. The Morgan fingerprint density at radius 2 is 2.31 bits per heavy atom. The molecule has 0 radical (unpaired) electrons. The molecule has 0 aromatic carbocycles. The van der Waals surface area contributed by atoms with Crippen molar-refractivity contribution >= 4 is 27.5 Å². The van der Waals surface area contributed by atoms with Crippen molar-refractivity contribution in [3.63, 3.8) is 0 Å². The van der Waals surface area contributed by atoms with Gasteiger partial charge in [0.2, 0.25) is 0 Å². The number of rotatable bonds is 3. The molecule has 0 saturated heterocycles. The topological polar surface area (TPSA) is 12.9 Å². The van der Waals surface area contributed by atoms with E-state index in [4.69, 9.17) is 11.6 Å². The molecule has 1 atom stereocenters. The van der Waals surface area contributed by atoms with Crippen LogP contribution >= 0.6 is 27.5 Å². The summed E-state index contributed by atoms with van der Waals surface area (Å²) in [7, 11) is 0. The molecule has 0 spiro atoms. The molecule has 0 aliphatic carbocycles. The van der Waals surface area contributed by atoms with Gasteiger partial charge in [0.25, 0.3) is 0 Å². The molecule has 13 heavy (non-hydrogen) atoms. The average molecular weight is 263 g/mol. The van der Waals surface area contributed by atoms with Crippen molar-refractivity contribution in [2.75, 3.05) is 0 Å². The Morgan fingerprint density at radius 1 is 1.62 bits per heavy atom. The van der Waals surface area contributed by atoms with Gasteiger partial charge in [0.1, 0.15) is 0 Å². The SMILES string of the molecule is CCC(Cl)Cc1ncc(Br)cc1C. The van der Waals surface area contributed by atoms with Crippen LogP contribution in [0.2, 0.25) is 0 Å². The molecule has 1 heterocycles. The van der Waals surface area contributed by atoms with Crippen LogP contribution in [0.25, 0.3) is 0 Å². The van der Waals surface area contributed by atoms with E-state index in [1.807, 2.05) is 6.20 Å². The molecular formula is C10H13BrClN. The number of hydrogen-bond donors (Lipinski definition) is 0. The van der Waals surface area contributed by atoms with Crippen LogP contribution in [0.15, 0.2) is 16.7 Å². The number of aromatic nitrogens is 1. The third-order valence-electron chi connectivity index (χ3n) is 2.01. The Labute approximate surface area is 92.6 Å². The highest BCUT2D eigenvalue weighted by Gasteiger charge is 2.06. The highest BCUT2D eigenvalue weighted by atomic mass is 79.9. The van der Waals surface area contributed by atoms with Gasteiger partial charge < -0.3 is 0 Å². The van der Waals surface area contributed by atoms with Crippen molar-refractivity contribution in [1.29, 1.82) is 0 Å². The van der Waals surface area contributed by atoms with Gasteiger partial charge in [0, 0.05) is 28.2 Å². The molecule has 1 aromatic rings. The first-order valence-electron chi connectivity index (χ1n) is 4.38. The lowest BCUT2D eigenvalue weighted by atomic mass is 10.1. The number of pyridine rings is 1. The summed E-state index contributed by atoms with van der Waals surface area (Å²) in [5.41, 5.74) is 2.30. The molecule has 0 aliphatic heterocycles. The summed E-state index contributed by atoms with van der Waals surface area (Å²) in [5, 5.41) is 0.201. The lowest BCUT2D eigenvalue weighted by Gasteiger charge is -2.08. The maximum Gasteiger partial charge on any atom is 0.0448 e. The largest absolute Gasteiger partial charge is 0.260 e. The van der Waals surface area contributed by atoms with Crippen molar-refractivity contribution in [3.8, 4) is 0 Å². The Bertz CT molecular complexity index is 288. The molecule has 0 aliphatic rings. The monoisotopic (exact) mass is 261 g/mol. The van der Waals surface area contributed by atoms with Gasteiger partial charge in [-0.2, -0.15) is 0 Å². The third kappa shape index (κ3) is 3.28. The predicted molar refractivity (Wildman–Crippen MR) is 60.3 cm³/mol. The van der Waals surface area contributed by atoms with E-state index < -0.39 is 0 Å². The summed E-state index contributed by atoms with van der Waals surface area (Å²) < 4.78 is 1.02. The van der Waals surface area contributed by atoms with Gasteiger partial charge in [-0.1, -0.05) is 6.92 Å². The first-order valence-corrected chi connectivity index (χ1v) is 5.61. The van der Waals surface area contributed by atoms with Crippen LogP contribution in [0.1, 0.15) is 24.6 Å². The summed E-state index contributed by atoms with van der Waals surface area (Å²) in [5.74, 6) is 0. The quantitative estimate of drug-likeness (QED) is 0.757. The predicted octanol–water partition coefficient (Wildman–Crippen LogP) is 3.71. The minimum Gasteiger partial charge on any atom is -0.260 e. The zero-order valence-corrected chi connectivity index (χ0v) is 10.2. The Balaban J connectivity index is 2.77. The highest BCUT2D eigenvalue weighted by Crippen LogP contribution is 2.16. The molecule has 0 saturated carbocycles. The van der Waals surface area contributed by atoms with E-state index in [0.29, 0.717) is 0 Å². The molecule has 0 bridgehead atoms. The normalized spacial score (nSPS) is 12.9. The summed E-state index contributed by atoms with van der Waals surface area (Å²) in [6, 6.07) is 2.07. The summed E-state index contributed by atoms with van der Waals surface area (Å²) in [6.07, 6.45) is 3.66. The van der Waals surface area contributed by atoms with Crippen LogP contribution in [0.4, 0.5) is 0 Å². The van der Waals surface area contributed by atoms with E-state index >= 15 is 0 Å². The number of halogens is 2. The van der Waals surface area contributed by atoms with E-state index in [1.54, 1.807) is 0 Å². The molecule has 1 rings (SSSR count). The Kier molecular flexibility index (Phi) is 4.20. The zero-order valence-electron chi connectivity index (χ0n) is 7.85. The maximum absolute atomic E-state index is 6.06. The molecule has 0 fully saturated rings. The van der Waals surface area contributed by atoms with Crippen molar-refractivity contribution in [1.82, 2.24) is 4.98 Å². The number of aryl methyl sites for hydroxylation is 1. The van der Waals surface area contributed by atoms with Gasteiger partial charge in [-0.25, -0.2) is 0 Å². The lowest BCUT2D eigenvalue weighted by molar-refractivity contribution is 0.780. The number of alkyl halides is 1. The van der Waals surface area contributed by atoms with E-state index in [-0.39, 0.29) is 5.38 Å². The van der Waals surface area contributed by atoms with Crippen molar-refractivity contribution < 1.29 is 0 Å².